The van der Waals surface area contributed by atoms with E-state index >= 15 is 0 Å². The average molecular weight is 551 g/mol. The Bertz CT molecular complexity index is 1640. The minimum absolute atomic E-state index is 0.154. The topological polar surface area (TPSA) is 87.4 Å². The number of hydrogen-bond acceptors (Lipinski definition) is 6. The molecule has 0 unspecified atom stereocenters. The third-order valence-electron chi connectivity index (χ3n) is 7.37. The molecule has 1 saturated heterocycles. The van der Waals surface area contributed by atoms with Gasteiger partial charge in [-0.25, -0.2) is 13.8 Å². The molecule has 5 aromatic rings. The number of carbonyl (C=O) groups is 1. The van der Waals surface area contributed by atoms with Crippen LogP contribution in [0.1, 0.15) is 27.5 Å². The summed E-state index contributed by atoms with van der Waals surface area (Å²) in [5.41, 5.74) is 9.19. The summed E-state index contributed by atoms with van der Waals surface area (Å²) in [5, 5.41) is 4.13. The molecular weight excluding hydrogens is 522 g/mol. The van der Waals surface area contributed by atoms with Gasteiger partial charge in [0.15, 0.2) is 0 Å². The monoisotopic (exact) mass is 550 g/mol. The smallest absolute Gasteiger partial charge is 0.250 e. The van der Waals surface area contributed by atoms with E-state index in [2.05, 4.69) is 15.1 Å². The van der Waals surface area contributed by atoms with Crippen LogP contribution in [-0.2, 0) is 0 Å². The lowest BCUT2D eigenvalue weighted by Gasteiger charge is -2.40. The van der Waals surface area contributed by atoms with Crippen LogP contribution in [0.2, 0.25) is 0 Å². The molecule has 0 bridgehead atoms. The molecule has 1 amide bonds. The third kappa shape index (κ3) is 5.57. The van der Waals surface area contributed by atoms with Crippen molar-refractivity contribution >= 4 is 34.3 Å². The summed E-state index contributed by atoms with van der Waals surface area (Å²) >= 11 is 0. The lowest BCUT2D eigenvalue weighted by molar-refractivity contribution is 0.100. The molecule has 1 aromatic heterocycles. The highest BCUT2D eigenvalue weighted by Crippen LogP contribution is 2.32. The van der Waals surface area contributed by atoms with Gasteiger partial charge in [0.1, 0.15) is 17.5 Å². The maximum Gasteiger partial charge on any atom is 0.250 e. The first-order valence-corrected chi connectivity index (χ1v) is 13.4. The number of nitrogens with zero attached hydrogens (tertiary/aromatic N) is 4. The van der Waals surface area contributed by atoms with Gasteiger partial charge < -0.3 is 16.0 Å². The zero-order valence-electron chi connectivity index (χ0n) is 22.2. The van der Waals surface area contributed by atoms with Gasteiger partial charge in [0.25, 0.3) is 5.91 Å². The van der Waals surface area contributed by atoms with Gasteiger partial charge in [-0.15, -0.1) is 0 Å². The van der Waals surface area contributed by atoms with Crippen LogP contribution in [0.4, 0.5) is 26.2 Å². The number of halogens is 2. The van der Waals surface area contributed by atoms with Crippen molar-refractivity contribution in [3.8, 4) is 0 Å². The van der Waals surface area contributed by atoms with Crippen LogP contribution in [0.15, 0.2) is 97.1 Å². The number of rotatable bonds is 7. The summed E-state index contributed by atoms with van der Waals surface area (Å²) in [4.78, 5) is 26.2. The van der Waals surface area contributed by atoms with E-state index in [4.69, 9.17) is 15.7 Å². The van der Waals surface area contributed by atoms with Crippen LogP contribution in [0.3, 0.4) is 0 Å². The molecular formula is C32H28F2N6O. The summed E-state index contributed by atoms with van der Waals surface area (Å²) in [6.45, 7) is 2.66. The normalized spacial score (nSPS) is 14.0. The van der Waals surface area contributed by atoms with Crippen LogP contribution in [0, 0.1) is 11.6 Å². The van der Waals surface area contributed by atoms with Crippen LogP contribution in [-0.4, -0.2) is 47.0 Å². The lowest BCUT2D eigenvalue weighted by Crippen LogP contribution is -2.48. The number of nitrogens with two attached hydrogens (primary N) is 1. The van der Waals surface area contributed by atoms with Crippen LogP contribution >= 0.6 is 0 Å². The molecule has 206 valence electrons. The highest BCUT2D eigenvalue weighted by molar-refractivity contribution is 6.00. The Morgan fingerprint density at radius 1 is 0.756 bits per heavy atom. The SMILES string of the molecule is NC(=O)c1ccccc1Nc1nc(N2CCN(C(c3ccc(F)cc3)c3ccc(F)cc3)CC2)nc2ccccc12. The Kier molecular flexibility index (Phi) is 7.26. The van der Waals surface area contributed by atoms with Crippen molar-refractivity contribution in [1.82, 2.24) is 14.9 Å². The molecule has 0 radical (unpaired) electrons. The summed E-state index contributed by atoms with van der Waals surface area (Å²) in [7, 11) is 0. The standard InChI is InChI=1S/C32H28F2N6O/c33-23-13-9-21(10-14-23)29(22-11-15-24(34)16-12-22)39-17-19-40(20-18-39)32-37-28-8-4-2-6-26(28)31(38-32)36-27-7-3-1-5-25(27)30(35)41/h1-16,29H,17-20H2,(H2,35,41)(H,36,37,38). The Morgan fingerprint density at radius 2 is 1.34 bits per heavy atom. The van der Waals surface area contributed by atoms with Gasteiger partial charge >= 0.3 is 0 Å². The highest BCUT2D eigenvalue weighted by Gasteiger charge is 2.28. The number of hydrogen-bond donors (Lipinski definition) is 2. The van der Waals surface area contributed by atoms with E-state index in [9.17, 15) is 13.6 Å². The zero-order chi connectivity index (χ0) is 28.3. The molecule has 7 nitrogen and oxygen atoms in total. The van der Waals surface area contributed by atoms with E-state index < -0.39 is 5.91 Å². The van der Waals surface area contributed by atoms with E-state index in [1.165, 1.54) is 24.3 Å². The van der Waals surface area contributed by atoms with E-state index in [1.54, 1.807) is 42.5 Å². The van der Waals surface area contributed by atoms with E-state index in [0.29, 0.717) is 49.2 Å². The Labute approximate surface area is 236 Å². The average Bonchev–Trinajstić information content (AvgIpc) is 3.00. The Morgan fingerprint density at radius 3 is 1.98 bits per heavy atom. The molecule has 0 atom stereocenters. The van der Waals surface area contributed by atoms with Gasteiger partial charge in [-0.05, 0) is 59.7 Å². The van der Waals surface area contributed by atoms with Gasteiger partial charge in [0.05, 0.1) is 22.8 Å². The number of fused-ring (bicyclic) bond motifs is 1. The predicted molar refractivity (Wildman–Crippen MR) is 156 cm³/mol. The van der Waals surface area contributed by atoms with Crippen molar-refractivity contribution < 1.29 is 13.6 Å². The molecule has 41 heavy (non-hydrogen) atoms. The van der Waals surface area contributed by atoms with Crippen LogP contribution < -0.4 is 16.0 Å². The second kappa shape index (κ2) is 11.3. The molecule has 1 aliphatic heterocycles. The van der Waals surface area contributed by atoms with Crippen molar-refractivity contribution in [3.05, 3.63) is 125 Å². The number of nitrogens with one attached hydrogen (secondary N) is 1. The van der Waals surface area contributed by atoms with Crippen molar-refractivity contribution in [2.75, 3.05) is 36.4 Å². The maximum absolute atomic E-state index is 13.7. The zero-order valence-corrected chi connectivity index (χ0v) is 22.2. The van der Waals surface area contributed by atoms with Gasteiger partial charge in [-0.1, -0.05) is 48.5 Å². The maximum atomic E-state index is 13.7. The number of para-hydroxylation sites is 2. The van der Waals surface area contributed by atoms with Crippen molar-refractivity contribution in [2.24, 2.45) is 5.73 Å². The van der Waals surface area contributed by atoms with Gasteiger partial charge in [0.2, 0.25) is 5.95 Å². The number of piperazine rings is 1. The van der Waals surface area contributed by atoms with Crippen LogP contribution in [0.5, 0.6) is 0 Å². The molecule has 3 N–H and O–H groups in total. The fourth-order valence-corrected chi connectivity index (χ4v) is 5.32. The third-order valence-corrected chi connectivity index (χ3v) is 7.37. The summed E-state index contributed by atoms with van der Waals surface area (Å²) < 4.78 is 27.4. The fourth-order valence-electron chi connectivity index (χ4n) is 5.32. The van der Waals surface area contributed by atoms with Crippen molar-refractivity contribution in [2.45, 2.75) is 6.04 Å². The molecule has 2 heterocycles. The van der Waals surface area contributed by atoms with E-state index in [1.807, 2.05) is 30.3 Å². The molecule has 0 spiro atoms. The molecule has 6 rings (SSSR count). The van der Waals surface area contributed by atoms with E-state index in [-0.39, 0.29) is 17.7 Å². The number of benzene rings is 4. The largest absolute Gasteiger partial charge is 0.366 e. The number of aromatic nitrogens is 2. The fraction of sp³-hybridized carbons (Fsp3) is 0.156. The molecule has 0 aliphatic carbocycles. The molecule has 4 aromatic carbocycles. The molecule has 1 aliphatic rings. The van der Waals surface area contributed by atoms with Crippen molar-refractivity contribution in [3.63, 3.8) is 0 Å². The quantitative estimate of drug-likeness (QED) is 0.272. The predicted octanol–water partition coefficient (Wildman–Crippen LogP) is 5.66. The van der Waals surface area contributed by atoms with Crippen molar-refractivity contribution in [1.29, 1.82) is 0 Å². The first kappa shape index (κ1) is 26.3. The minimum atomic E-state index is -0.528. The van der Waals surface area contributed by atoms with E-state index in [0.717, 1.165) is 22.0 Å². The second-order valence-corrected chi connectivity index (χ2v) is 9.95. The number of primary amides is 1. The Balaban J connectivity index is 1.28. The highest BCUT2D eigenvalue weighted by atomic mass is 19.1. The first-order valence-electron chi connectivity index (χ1n) is 13.4. The summed E-state index contributed by atoms with van der Waals surface area (Å²) in [5.74, 6) is 0.0277. The molecule has 1 fully saturated rings. The molecule has 0 saturated carbocycles. The van der Waals surface area contributed by atoms with Crippen LogP contribution in [0.25, 0.3) is 10.9 Å². The second-order valence-electron chi connectivity index (χ2n) is 9.95. The minimum Gasteiger partial charge on any atom is -0.366 e. The van der Waals surface area contributed by atoms with Gasteiger partial charge in [-0.2, -0.15) is 4.98 Å². The number of anilines is 3. The summed E-state index contributed by atoms with van der Waals surface area (Å²) in [6, 6.07) is 27.6. The Hall–Kier alpha value is -4.89. The first-order chi connectivity index (χ1) is 20.0. The molecule has 9 heteroatoms. The van der Waals surface area contributed by atoms with Gasteiger partial charge in [-0.3, -0.25) is 9.69 Å². The number of amides is 1. The lowest BCUT2D eigenvalue weighted by atomic mass is 9.96. The summed E-state index contributed by atoms with van der Waals surface area (Å²) in [6.07, 6.45) is 0. The number of carbonyl (C=O) groups excluding carboxylic acids is 1. The van der Waals surface area contributed by atoms with Gasteiger partial charge in [0, 0.05) is 31.6 Å².